The fraction of sp³-hybridized carbons (Fsp3) is 0.250. The molecule has 5 heteroatoms. The molecule has 1 atom stereocenters. The number of para-hydroxylation sites is 1. The molecule has 152 valence electrons. The molecule has 0 radical (unpaired) electrons. The van der Waals surface area contributed by atoms with E-state index in [1.54, 1.807) is 12.1 Å². The first-order valence-corrected chi connectivity index (χ1v) is 9.58. The van der Waals surface area contributed by atoms with E-state index in [4.69, 9.17) is 9.90 Å². The van der Waals surface area contributed by atoms with Gasteiger partial charge < -0.3 is 15.5 Å². The summed E-state index contributed by atoms with van der Waals surface area (Å²) < 4.78 is 0. The summed E-state index contributed by atoms with van der Waals surface area (Å²) in [4.78, 5) is 20.6. The highest BCUT2D eigenvalue weighted by atomic mass is 16.3. The van der Waals surface area contributed by atoms with Crippen molar-refractivity contribution in [1.29, 1.82) is 0 Å². The Bertz CT molecular complexity index is 968. The van der Waals surface area contributed by atoms with Crippen LogP contribution in [0.4, 0.5) is 5.69 Å². The highest BCUT2D eigenvalue weighted by Crippen LogP contribution is 2.23. The van der Waals surface area contributed by atoms with Crippen LogP contribution < -0.4 is 5.32 Å². The third kappa shape index (κ3) is 6.96. The summed E-state index contributed by atoms with van der Waals surface area (Å²) in [6.07, 6.45) is 2.43. The zero-order valence-corrected chi connectivity index (χ0v) is 16.8. The highest BCUT2D eigenvalue weighted by molar-refractivity contribution is 5.91. The molecule has 3 aromatic carbocycles. The number of aromatic hydroxyl groups is 1. The minimum atomic E-state index is -0.250. The van der Waals surface area contributed by atoms with Crippen LogP contribution in [0, 0.1) is 12.8 Å². The van der Waals surface area contributed by atoms with Gasteiger partial charge in [0.05, 0.1) is 0 Å². The summed E-state index contributed by atoms with van der Waals surface area (Å²) in [5.41, 5.74) is 3.23. The number of carboxylic acid groups (broad SMARTS) is 1. The summed E-state index contributed by atoms with van der Waals surface area (Å²) in [5, 5.41) is 21.6. The summed E-state index contributed by atoms with van der Waals surface area (Å²) in [5.74, 6) is 0.675. The molecule has 0 bridgehead atoms. The minimum absolute atomic E-state index is 0.0702. The average Bonchev–Trinajstić information content (AvgIpc) is 2.68. The van der Waals surface area contributed by atoms with Crippen molar-refractivity contribution in [3.8, 4) is 5.75 Å². The average molecular weight is 393 g/mol. The fourth-order valence-corrected chi connectivity index (χ4v) is 3.18. The number of benzene rings is 3. The fourth-order valence-electron chi connectivity index (χ4n) is 3.18. The number of amides is 1. The van der Waals surface area contributed by atoms with Gasteiger partial charge in [0, 0.05) is 12.1 Å². The second-order valence-corrected chi connectivity index (χ2v) is 7.18. The lowest BCUT2D eigenvalue weighted by Crippen LogP contribution is -2.16. The zero-order valence-electron chi connectivity index (χ0n) is 16.8. The Hall–Kier alpha value is -3.34. The molecule has 29 heavy (non-hydrogen) atoms. The molecule has 1 amide bonds. The lowest BCUT2D eigenvalue weighted by Gasteiger charge is -2.13. The number of carbonyl (C=O) groups is 2. The number of rotatable bonds is 6. The number of hydrogen-bond donors (Lipinski definition) is 3. The lowest BCUT2D eigenvalue weighted by molar-refractivity contribution is -0.123. The van der Waals surface area contributed by atoms with Crippen molar-refractivity contribution in [2.75, 3.05) is 5.32 Å². The van der Waals surface area contributed by atoms with Crippen molar-refractivity contribution in [2.45, 2.75) is 33.1 Å². The van der Waals surface area contributed by atoms with E-state index in [-0.39, 0.29) is 12.4 Å². The van der Waals surface area contributed by atoms with Gasteiger partial charge in [-0.1, -0.05) is 49.4 Å². The molecule has 1 unspecified atom stereocenters. The molecule has 0 saturated carbocycles. The van der Waals surface area contributed by atoms with Gasteiger partial charge in [0.2, 0.25) is 5.91 Å². The van der Waals surface area contributed by atoms with Crippen LogP contribution in [0.1, 0.15) is 30.9 Å². The number of carbonyl (C=O) groups excluding carboxylic acids is 1. The van der Waals surface area contributed by atoms with Crippen molar-refractivity contribution < 1.29 is 19.8 Å². The Morgan fingerprint density at radius 2 is 1.72 bits per heavy atom. The monoisotopic (exact) mass is 393 g/mol. The van der Waals surface area contributed by atoms with E-state index in [1.165, 1.54) is 5.56 Å². The SMILES string of the molecule is Cc1ccccc1NC(=O)CC(C)CCc1ccc2cc(O)ccc2c1.O=CO. The number of aryl methyl sites for hydroxylation is 2. The van der Waals surface area contributed by atoms with Crippen LogP contribution in [-0.4, -0.2) is 22.6 Å². The summed E-state index contributed by atoms with van der Waals surface area (Å²) in [7, 11) is 0. The third-order valence-electron chi connectivity index (χ3n) is 4.77. The topological polar surface area (TPSA) is 86.6 Å². The van der Waals surface area contributed by atoms with E-state index < -0.39 is 0 Å². The number of fused-ring (bicyclic) bond motifs is 1. The van der Waals surface area contributed by atoms with Gasteiger partial charge in [-0.05, 0) is 65.8 Å². The molecule has 0 aromatic heterocycles. The van der Waals surface area contributed by atoms with Crippen LogP contribution in [0.2, 0.25) is 0 Å². The van der Waals surface area contributed by atoms with E-state index in [2.05, 4.69) is 24.4 Å². The maximum absolute atomic E-state index is 12.3. The van der Waals surface area contributed by atoms with Gasteiger partial charge in [0.15, 0.2) is 0 Å². The highest BCUT2D eigenvalue weighted by Gasteiger charge is 2.11. The van der Waals surface area contributed by atoms with Crippen LogP contribution >= 0.6 is 0 Å². The summed E-state index contributed by atoms with van der Waals surface area (Å²) in [6, 6.07) is 19.6. The Morgan fingerprint density at radius 3 is 2.45 bits per heavy atom. The summed E-state index contributed by atoms with van der Waals surface area (Å²) >= 11 is 0. The van der Waals surface area contributed by atoms with Crippen LogP contribution in [0.5, 0.6) is 5.75 Å². The Kier molecular flexibility index (Phi) is 8.22. The number of nitrogens with one attached hydrogen (secondary N) is 1. The summed E-state index contributed by atoms with van der Waals surface area (Å²) in [6.45, 7) is 3.87. The van der Waals surface area contributed by atoms with Crippen molar-refractivity contribution >= 4 is 28.8 Å². The standard InChI is InChI=1S/C23H25NO2.CH2O2/c1-16(13-23(26)24-22-6-4-3-5-17(22)2)7-8-18-9-10-20-15-21(25)12-11-19(20)14-18;2-1-3/h3-6,9-12,14-16,25H,7-8,13H2,1-2H3,(H,24,26);1H,(H,2,3). The second-order valence-electron chi connectivity index (χ2n) is 7.18. The van der Waals surface area contributed by atoms with Gasteiger partial charge in [-0.15, -0.1) is 0 Å². The number of phenols is 1. The molecule has 0 aliphatic rings. The molecule has 0 spiro atoms. The van der Waals surface area contributed by atoms with Crippen LogP contribution in [0.3, 0.4) is 0 Å². The van der Waals surface area contributed by atoms with E-state index in [9.17, 15) is 9.90 Å². The molecule has 0 aliphatic carbocycles. The minimum Gasteiger partial charge on any atom is -0.508 e. The molecule has 0 heterocycles. The van der Waals surface area contributed by atoms with Crippen molar-refractivity contribution in [1.82, 2.24) is 0 Å². The Labute approximate surface area is 171 Å². The predicted molar refractivity (Wildman–Crippen MR) is 116 cm³/mol. The van der Waals surface area contributed by atoms with Crippen molar-refractivity contribution in [2.24, 2.45) is 5.92 Å². The van der Waals surface area contributed by atoms with Crippen molar-refractivity contribution in [3.05, 3.63) is 71.8 Å². The second kappa shape index (κ2) is 10.9. The van der Waals surface area contributed by atoms with Gasteiger partial charge in [0.25, 0.3) is 6.47 Å². The van der Waals surface area contributed by atoms with Crippen LogP contribution in [0.15, 0.2) is 60.7 Å². The first-order valence-electron chi connectivity index (χ1n) is 9.58. The van der Waals surface area contributed by atoms with Gasteiger partial charge in [0.1, 0.15) is 5.75 Å². The number of anilines is 1. The zero-order chi connectivity index (χ0) is 21.2. The van der Waals surface area contributed by atoms with Gasteiger partial charge in [-0.3, -0.25) is 9.59 Å². The molecule has 5 nitrogen and oxygen atoms in total. The van der Waals surface area contributed by atoms with E-state index in [0.717, 1.165) is 34.9 Å². The van der Waals surface area contributed by atoms with E-state index >= 15 is 0 Å². The van der Waals surface area contributed by atoms with Crippen LogP contribution in [-0.2, 0) is 16.0 Å². The maximum Gasteiger partial charge on any atom is 0.290 e. The lowest BCUT2D eigenvalue weighted by atomic mass is 9.96. The third-order valence-corrected chi connectivity index (χ3v) is 4.77. The van der Waals surface area contributed by atoms with Gasteiger partial charge >= 0.3 is 0 Å². The van der Waals surface area contributed by atoms with Gasteiger partial charge in [-0.2, -0.15) is 0 Å². The molecule has 3 rings (SSSR count). The molecular formula is C24H27NO4. The van der Waals surface area contributed by atoms with Gasteiger partial charge in [-0.25, -0.2) is 0 Å². The quantitative estimate of drug-likeness (QED) is 0.505. The molecular weight excluding hydrogens is 366 g/mol. The molecule has 0 saturated heterocycles. The first kappa shape index (κ1) is 22.0. The first-order chi connectivity index (χ1) is 13.9. The largest absolute Gasteiger partial charge is 0.508 e. The van der Waals surface area contributed by atoms with Crippen LogP contribution in [0.25, 0.3) is 10.8 Å². The van der Waals surface area contributed by atoms with E-state index in [0.29, 0.717) is 18.1 Å². The number of phenolic OH excluding ortho intramolecular Hbond substituents is 1. The normalized spacial score (nSPS) is 11.2. The Balaban J connectivity index is 0.000000941. The molecule has 0 aliphatic heterocycles. The Morgan fingerprint density at radius 1 is 1.07 bits per heavy atom. The smallest absolute Gasteiger partial charge is 0.290 e. The van der Waals surface area contributed by atoms with E-state index in [1.807, 2.05) is 43.3 Å². The predicted octanol–water partition coefficient (Wildman–Crippen LogP) is 5.15. The van der Waals surface area contributed by atoms with Crippen molar-refractivity contribution in [3.63, 3.8) is 0 Å². The molecule has 3 aromatic rings. The molecule has 3 N–H and O–H groups in total. The molecule has 0 fully saturated rings. The maximum atomic E-state index is 12.3. The number of hydrogen-bond acceptors (Lipinski definition) is 3.